The molecule has 1 saturated carbocycles. The van der Waals surface area contributed by atoms with Gasteiger partial charge in [0.15, 0.2) is 11.7 Å². The molecule has 0 aromatic heterocycles. The molecule has 2 saturated heterocycles. The van der Waals surface area contributed by atoms with E-state index in [9.17, 15) is 43.8 Å². The average molecular weight is 854 g/mol. The van der Waals surface area contributed by atoms with Crippen LogP contribution >= 0.6 is 0 Å². The lowest BCUT2D eigenvalue weighted by atomic mass is 9.53. The highest BCUT2D eigenvalue weighted by Gasteiger charge is 2.77. The first-order chi connectivity index (χ1) is 29.4. The van der Waals surface area contributed by atoms with Crippen molar-refractivity contribution in [3.05, 3.63) is 119 Å². The predicted octanol–water partition coefficient (Wildman–Crippen LogP) is 3.28. The van der Waals surface area contributed by atoms with E-state index in [1.54, 1.807) is 78.9 Å². The third-order valence-corrected chi connectivity index (χ3v) is 12.6. The summed E-state index contributed by atoms with van der Waals surface area (Å²) in [5.74, 6) is -8.11. The maximum Gasteiger partial charge on any atom is 0.352 e. The molecule has 16 nitrogen and oxygen atoms in total. The molecule has 16 heteroatoms. The van der Waals surface area contributed by atoms with Crippen molar-refractivity contribution in [1.29, 1.82) is 0 Å². The SMILES string of the molecule is CC(=O)O[C@H]1C(=O)O[C@@]2(C)C(C(OC(=O)c3ccccc3)[C@]3(C(C)=O)C[C@H](OC(=O)[C@H](O)[C@@H](NC(=O)c4ccccc4)c4ccccc4)C(C)=C13)[C@]1(OC(C)=O)CO[C@@H]1C[C@@H]2O. The van der Waals surface area contributed by atoms with E-state index >= 15 is 0 Å². The van der Waals surface area contributed by atoms with Crippen LogP contribution in [0.3, 0.4) is 0 Å². The van der Waals surface area contributed by atoms with Crippen LogP contribution < -0.4 is 5.32 Å². The molecular formula is C46H47NO15. The van der Waals surface area contributed by atoms with Crippen molar-refractivity contribution in [3.8, 4) is 0 Å². The molecule has 4 aliphatic rings. The molecule has 2 aliphatic heterocycles. The predicted molar refractivity (Wildman–Crippen MR) is 213 cm³/mol. The number of hydrogen-bond donors (Lipinski definition) is 3. The van der Waals surface area contributed by atoms with Gasteiger partial charge in [0, 0.05) is 37.8 Å². The van der Waals surface area contributed by atoms with Crippen molar-refractivity contribution in [2.24, 2.45) is 11.3 Å². The van der Waals surface area contributed by atoms with E-state index in [0.717, 1.165) is 20.8 Å². The van der Waals surface area contributed by atoms with E-state index in [-0.39, 0.29) is 35.3 Å². The smallest absolute Gasteiger partial charge is 0.352 e. The average Bonchev–Trinajstić information content (AvgIpc) is 3.53. The second-order valence-corrected chi connectivity index (χ2v) is 16.3. The molecule has 0 radical (unpaired) electrons. The summed E-state index contributed by atoms with van der Waals surface area (Å²) >= 11 is 0. The van der Waals surface area contributed by atoms with E-state index in [1.807, 2.05) is 0 Å². The molecular weight excluding hydrogens is 806 g/mol. The summed E-state index contributed by atoms with van der Waals surface area (Å²) in [6, 6.07) is 22.7. The van der Waals surface area contributed by atoms with Gasteiger partial charge in [-0.15, -0.1) is 0 Å². The van der Waals surface area contributed by atoms with Crippen LogP contribution in [0.5, 0.6) is 0 Å². The summed E-state index contributed by atoms with van der Waals surface area (Å²) < 4.78 is 36.1. The molecule has 11 atom stereocenters. The number of hydrogen-bond acceptors (Lipinski definition) is 15. The molecule has 3 N–H and O–H groups in total. The summed E-state index contributed by atoms with van der Waals surface area (Å²) in [4.78, 5) is 97.1. The Morgan fingerprint density at radius 3 is 1.97 bits per heavy atom. The van der Waals surface area contributed by atoms with Crippen molar-refractivity contribution < 1.29 is 72.2 Å². The largest absolute Gasteiger partial charge is 0.457 e. The van der Waals surface area contributed by atoms with E-state index in [4.69, 9.17) is 28.4 Å². The lowest BCUT2D eigenvalue weighted by Gasteiger charge is -2.64. The Bertz CT molecular complexity index is 2300. The summed E-state index contributed by atoms with van der Waals surface area (Å²) in [5.41, 5.74) is -5.70. The first-order valence-electron chi connectivity index (χ1n) is 20.1. The van der Waals surface area contributed by atoms with Gasteiger partial charge in [0.25, 0.3) is 5.91 Å². The van der Waals surface area contributed by atoms with Crippen LogP contribution in [0, 0.1) is 11.3 Å². The first-order valence-corrected chi connectivity index (χ1v) is 20.1. The molecule has 0 spiro atoms. The van der Waals surface area contributed by atoms with Gasteiger partial charge in [-0.3, -0.25) is 19.2 Å². The number of nitrogens with one attached hydrogen (secondary N) is 1. The molecule has 326 valence electrons. The molecule has 2 heterocycles. The fraction of sp³-hybridized carbons (Fsp3) is 0.413. The van der Waals surface area contributed by atoms with Crippen LogP contribution in [0.1, 0.15) is 79.8 Å². The van der Waals surface area contributed by atoms with Crippen molar-refractivity contribution in [2.45, 2.75) is 101 Å². The molecule has 3 aromatic rings. The number of aliphatic hydroxyl groups is 2. The van der Waals surface area contributed by atoms with Crippen molar-refractivity contribution >= 4 is 41.5 Å². The van der Waals surface area contributed by atoms with E-state index in [0.29, 0.717) is 5.56 Å². The highest BCUT2D eigenvalue weighted by molar-refractivity contribution is 5.96. The standard InChI is InChI=1S/C46H47NO15/c1-24-31(59-42(55)36(52)35(28-15-9-6-10-16-28)47-40(53)29-17-11-7-12-18-29)22-45(25(2)48)34(24)37(58-26(3)49)43(56)62-44(5)32(51)21-33-46(23-57-33,61-27(4)50)38(44)39(45)60-41(54)30-19-13-8-14-20-30/h6-20,31-33,35-39,51-52H,21-23H2,1-5H3,(H,47,53)/t31-,32-,33+,35-,36+,37+,38?,39?,44+,45-,46-/m0/s1. The number of benzene rings is 3. The maximum atomic E-state index is 14.8. The summed E-state index contributed by atoms with van der Waals surface area (Å²) in [6.45, 7) is 5.76. The van der Waals surface area contributed by atoms with Crippen LogP contribution in [0.25, 0.3) is 0 Å². The Labute approximate surface area is 356 Å². The van der Waals surface area contributed by atoms with Gasteiger partial charge in [-0.2, -0.15) is 0 Å². The zero-order valence-corrected chi connectivity index (χ0v) is 34.6. The first kappa shape index (κ1) is 43.8. The third kappa shape index (κ3) is 7.56. The minimum Gasteiger partial charge on any atom is -0.457 e. The number of Topliss-reactive ketones (excluding diaryl/α,β-unsaturated/α-hetero) is 1. The van der Waals surface area contributed by atoms with Gasteiger partial charge in [-0.25, -0.2) is 14.4 Å². The molecule has 7 rings (SSSR count). The lowest BCUT2D eigenvalue weighted by Crippen LogP contribution is -2.81. The highest BCUT2D eigenvalue weighted by Crippen LogP contribution is 2.62. The molecule has 3 aromatic carbocycles. The minimum atomic E-state index is -2.24. The zero-order chi connectivity index (χ0) is 44.7. The monoisotopic (exact) mass is 853 g/mol. The van der Waals surface area contributed by atoms with Gasteiger partial charge in [0.2, 0.25) is 6.10 Å². The van der Waals surface area contributed by atoms with E-state index < -0.39 is 113 Å². The molecule has 1 amide bonds. The number of rotatable bonds is 11. The molecule has 2 unspecified atom stereocenters. The van der Waals surface area contributed by atoms with Crippen molar-refractivity contribution in [1.82, 2.24) is 5.32 Å². The fourth-order valence-corrected chi connectivity index (χ4v) is 9.66. The van der Waals surface area contributed by atoms with Crippen molar-refractivity contribution in [3.63, 3.8) is 0 Å². The van der Waals surface area contributed by atoms with E-state index in [1.165, 1.54) is 26.0 Å². The Morgan fingerprint density at radius 2 is 1.42 bits per heavy atom. The minimum absolute atomic E-state index is 0.0113. The van der Waals surface area contributed by atoms with Crippen LogP contribution in [-0.4, -0.2) is 106 Å². The summed E-state index contributed by atoms with van der Waals surface area (Å²) in [7, 11) is 0. The van der Waals surface area contributed by atoms with Gasteiger partial charge in [-0.05, 0) is 56.2 Å². The molecule has 0 bridgehead atoms. The quantitative estimate of drug-likeness (QED) is 0.143. The zero-order valence-electron chi connectivity index (χ0n) is 34.6. The Hall–Kier alpha value is -6.23. The maximum absolute atomic E-state index is 14.8. The van der Waals surface area contributed by atoms with Gasteiger partial charge < -0.3 is 44.0 Å². The number of aliphatic hydroxyl groups excluding tert-OH is 2. The number of fused-ring (bicyclic) bond motifs is 4. The Kier molecular flexibility index (Phi) is 12.0. The Balaban J connectivity index is 1.38. The van der Waals surface area contributed by atoms with E-state index in [2.05, 4.69) is 5.32 Å². The molecule has 2 aliphatic carbocycles. The van der Waals surface area contributed by atoms with Gasteiger partial charge in [0.1, 0.15) is 29.7 Å². The number of carbonyl (C=O) groups excluding carboxylic acids is 7. The molecule has 3 fully saturated rings. The summed E-state index contributed by atoms with van der Waals surface area (Å²) in [6.07, 6.45) is -10.8. The van der Waals surface area contributed by atoms with Gasteiger partial charge in [-0.1, -0.05) is 66.7 Å². The second kappa shape index (κ2) is 16.9. The summed E-state index contributed by atoms with van der Waals surface area (Å²) in [5, 5.41) is 26.3. The second-order valence-electron chi connectivity index (χ2n) is 16.3. The topological polar surface area (TPSA) is 227 Å². The number of amides is 1. The molecule has 62 heavy (non-hydrogen) atoms. The van der Waals surface area contributed by atoms with Crippen LogP contribution in [0.2, 0.25) is 0 Å². The fourth-order valence-electron chi connectivity index (χ4n) is 9.66. The highest BCUT2D eigenvalue weighted by atomic mass is 16.6. The van der Waals surface area contributed by atoms with Crippen LogP contribution in [0.15, 0.2) is 102 Å². The van der Waals surface area contributed by atoms with Crippen LogP contribution in [0.4, 0.5) is 0 Å². The number of ether oxygens (including phenoxy) is 6. The number of carbonyl (C=O) groups is 7. The van der Waals surface area contributed by atoms with Crippen LogP contribution in [-0.2, 0) is 52.4 Å². The lowest BCUT2D eigenvalue weighted by molar-refractivity contribution is -0.352. The third-order valence-electron chi connectivity index (χ3n) is 12.6. The number of esters is 5. The number of ketones is 1. The van der Waals surface area contributed by atoms with Crippen molar-refractivity contribution in [2.75, 3.05) is 6.61 Å². The normalized spacial score (nSPS) is 30.8. The van der Waals surface area contributed by atoms with Gasteiger partial charge in [0.05, 0.1) is 35.6 Å². The Morgan fingerprint density at radius 1 is 0.823 bits per heavy atom. The van der Waals surface area contributed by atoms with Gasteiger partial charge >= 0.3 is 29.8 Å².